The summed E-state index contributed by atoms with van der Waals surface area (Å²) >= 11 is 0. The molecule has 1 fully saturated rings. The van der Waals surface area contributed by atoms with Gasteiger partial charge in [0.25, 0.3) is 5.91 Å². The Kier molecular flexibility index (Phi) is 4.90. The highest BCUT2D eigenvalue weighted by Gasteiger charge is 2.43. The minimum atomic E-state index is -0.678. The molecule has 1 aliphatic rings. The van der Waals surface area contributed by atoms with Crippen molar-refractivity contribution in [3.05, 3.63) is 59.7 Å². The lowest BCUT2D eigenvalue weighted by Gasteiger charge is -2.19. The van der Waals surface area contributed by atoms with Crippen molar-refractivity contribution in [3.8, 4) is 6.07 Å². The molecule has 1 saturated heterocycles. The number of nitriles is 1. The SMILES string of the molecule is Cc1ccc(N2C(=O)N(CC(=O)Nc3ccc(C#N)cc3)C(=O)C2C)cc1. The molecule has 0 bridgehead atoms. The molecule has 0 radical (unpaired) electrons. The fraction of sp³-hybridized carbons (Fsp3) is 0.200. The van der Waals surface area contributed by atoms with Gasteiger partial charge >= 0.3 is 6.03 Å². The molecule has 1 heterocycles. The van der Waals surface area contributed by atoms with Gasteiger partial charge in [0.05, 0.1) is 11.6 Å². The van der Waals surface area contributed by atoms with Crippen LogP contribution in [0.25, 0.3) is 0 Å². The number of urea groups is 1. The number of aryl methyl sites for hydroxylation is 1. The minimum absolute atomic E-state index is 0.371. The number of anilines is 2. The Morgan fingerprint density at radius 3 is 2.33 bits per heavy atom. The van der Waals surface area contributed by atoms with E-state index < -0.39 is 23.9 Å². The number of nitrogens with one attached hydrogen (secondary N) is 1. The number of carbonyl (C=O) groups is 3. The molecule has 136 valence electrons. The van der Waals surface area contributed by atoms with Crippen LogP contribution < -0.4 is 10.2 Å². The summed E-state index contributed by atoms with van der Waals surface area (Å²) in [6, 6.07) is 14.4. The van der Waals surface area contributed by atoms with Crippen LogP contribution in [-0.2, 0) is 9.59 Å². The van der Waals surface area contributed by atoms with Crippen LogP contribution in [0.4, 0.5) is 16.2 Å². The van der Waals surface area contributed by atoms with Gasteiger partial charge in [-0.05, 0) is 50.2 Å². The number of hydrogen-bond donors (Lipinski definition) is 1. The smallest absolute Gasteiger partial charge is 0.325 e. The Bertz CT molecular complexity index is 929. The highest BCUT2D eigenvalue weighted by molar-refractivity contribution is 6.16. The van der Waals surface area contributed by atoms with Gasteiger partial charge in [0, 0.05) is 11.4 Å². The molecule has 1 atom stereocenters. The van der Waals surface area contributed by atoms with Crippen molar-refractivity contribution < 1.29 is 14.4 Å². The number of carbonyl (C=O) groups excluding carboxylic acids is 3. The second kappa shape index (κ2) is 7.30. The quantitative estimate of drug-likeness (QED) is 0.846. The number of rotatable bonds is 4. The predicted octanol–water partition coefficient (Wildman–Crippen LogP) is 2.66. The second-order valence-electron chi connectivity index (χ2n) is 6.33. The molecule has 4 amide bonds. The molecule has 7 nitrogen and oxygen atoms in total. The minimum Gasteiger partial charge on any atom is -0.325 e. The summed E-state index contributed by atoms with van der Waals surface area (Å²) in [5, 5.41) is 11.4. The van der Waals surface area contributed by atoms with E-state index >= 15 is 0 Å². The Morgan fingerprint density at radius 1 is 1.11 bits per heavy atom. The number of hydrogen-bond acceptors (Lipinski definition) is 4. The van der Waals surface area contributed by atoms with Gasteiger partial charge in [0.15, 0.2) is 0 Å². The van der Waals surface area contributed by atoms with Crippen molar-refractivity contribution in [2.24, 2.45) is 0 Å². The molecular weight excluding hydrogens is 344 g/mol. The average Bonchev–Trinajstić information content (AvgIpc) is 2.87. The fourth-order valence-corrected chi connectivity index (χ4v) is 2.88. The third-order valence-electron chi connectivity index (χ3n) is 4.36. The van der Waals surface area contributed by atoms with Crippen LogP contribution in [0.3, 0.4) is 0 Å². The van der Waals surface area contributed by atoms with E-state index in [1.807, 2.05) is 25.1 Å². The zero-order valence-corrected chi connectivity index (χ0v) is 15.0. The molecule has 0 spiro atoms. The maximum atomic E-state index is 12.7. The van der Waals surface area contributed by atoms with Crippen molar-refractivity contribution in [3.63, 3.8) is 0 Å². The van der Waals surface area contributed by atoms with Crippen molar-refractivity contribution in [2.75, 3.05) is 16.8 Å². The average molecular weight is 362 g/mol. The summed E-state index contributed by atoms with van der Waals surface area (Å²) in [7, 11) is 0. The van der Waals surface area contributed by atoms with Crippen LogP contribution in [0.5, 0.6) is 0 Å². The first-order chi connectivity index (χ1) is 12.9. The zero-order chi connectivity index (χ0) is 19.6. The zero-order valence-electron chi connectivity index (χ0n) is 15.0. The summed E-state index contributed by atoms with van der Waals surface area (Å²) in [5.41, 5.74) is 2.62. The van der Waals surface area contributed by atoms with E-state index in [1.165, 1.54) is 4.90 Å². The normalized spacial score (nSPS) is 16.4. The van der Waals surface area contributed by atoms with E-state index in [-0.39, 0.29) is 6.54 Å². The topological polar surface area (TPSA) is 93.5 Å². The van der Waals surface area contributed by atoms with E-state index in [0.717, 1.165) is 10.5 Å². The molecule has 1 N–H and O–H groups in total. The van der Waals surface area contributed by atoms with Gasteiger partial charge in [-0.15, -0.1) is 0 Å². The standard InChI is InChI=1S/C20H18N4O3/c1-13-3-9-17(10-4-13)24-14(2)19(26)23(20(24)27)12-18(25)22-16-7-5-15(11-21)6-8-16/h3-10,14H,12H2,1-2H3,(H,22,25). The summed E-state index contributed by atoms with van der Waals surface area (Å²) in [6.45, 7) is 3.20. The van der Waals surface area contributed by atoms with Crippen LogP contribution in [0.2, 0.25) is 0 Å². The summed E-state index contributed by atoms with van der Waals surface area (Å²) in [6.07, 6.45) is 0. The molecule has 0 aromatic heterocycles. The summed E-state index contributed by atoms with van der Waals surface area (Å²) in [4.78, 5) is 39.8. The molecule has 3 rings (SSSR count). The molecule has 0 aliphatic carbocycles. The van der Waals surface area contributed by atoms with Crippen LogP contribution in [-0.4, -0.2) is 35.3 Å². The third-order valence-corrected chi connectivity index (χ3v) is 4.36. The molecule has 27 heavy (non-hydrogen) atoms. The molecule has 0 saturated carbocycles. The van der Waals surface area contributed by atoms with Gasteiger partial charge < -0.3 is 5.32 Å². The molecule has 2 aromatic carbocycles. The van der Waals surface area contributed by atoms with Gasteiger partial charge in [0.2, 0.25) is 5.91 Å². The van der Waals surface area contributed by atoms with Crippen molar-refractivity contribution in [1.82, 2.24) is 4.90 Å². The lowest BCUT2D eigenvalue weighted by Crippen LogP contribution is -2.39. The maximum Gasteiger partial charge on any atom is 0.332 e. The molecule has 7 heteroatoms. The Labute approximate surface area is 156 Å². The van der Waals surface area contributed by atoms with E-state index in [9.17, 15) is 14.4 Å². The van der Waals surface area contributed by atoms with Gasteiger partial charge in [-0.1, -0.05) is 17.7 Å². The molecule has 1 unspecified atom stereocenters. The van der Waals surface area contributed by atoms with E-state index in [4.69, 9.17) is 5.26 Å². The number of nitrogens with zero attached hydrogens (tertiary/aromatic N) is 3. The van der Waals surface area contributed by atoms with Crippen LogP contribution in [0, 0.1) is 18.3 Å². The number of amides is 4. The Balaban J connectivity index is 1.71. The van der Waals surface area contributed by atoms with Crippen molar-refractivity contribution in [2.45, 2.75) is 19.9 Å². The van der Waals surface area contributed by atoms with Crippen LogP contribution >= 0.6 is 0 Å². The van der Waals surface area contributed by atoms with Gasteiger partial charge in [-0.3, -0.25) is 19.4 Å². The first-order valence-electron chi connectivity index (χ1n) is 8.42. The molecule has 2 aromatic rings. The van der Waals surface area contributed by atoms with Gasteiger partial charge in [0.1, 0.15) is 12.6 Å². The lowest BCUT2D eigenvalue weighted by atomic mass is 10.2. The highest BCUT2D eigenvalue weighted by atomic mass is 16.2. The Morgan fingerprint density at radius 2 is 1.74 bits per heavy atom. The number of imide groups is 1. The van der Waals surface area contributed by atoms with Gasteiger partial charge in [-0.25, -0.2) is 4.79 Å². The Hall–Kier alpha value is -3.66. The van der Waals surface area contributed by atoms with Crippen molar-refractivity contribution in [1.29, 1.82) is 5.26 Å². The predicted molar refractivity (Wildman–Crippen MR) is 100 cm³/mol. The maximum absolute atomic E-state index is 12.7. The summed E-state index contributed by atoms with van der Waals surface area (Å²) < 4.78 is 0. The summed E-state index contributed by atoms with van der Waals surface area (Å²) in [5.74, 6) is -0.907. The highest BCUT2D eigenvalue weighted by Crippen LogP contribution is 2.26. The van der Waals surface area contributed by atoms with Crippen LogP contribution in [0.15, 0.2) is 48.5 Å². The second-order valence-corrected chi connectivity index (χ2v) is 6.33. The first-order valence-corrected chi connectivity index (χ1v) is 8.42. The first kappa shape index (κ1) is 18.1. The number of benzene rings is 2. The third kappa shape index (κ3) is 3.65. The van der Waals surface area contributed by atoms with Crippen molar-refractivity contribution >= 4 is 29.2 Å². The van der Waals surface area contributed by atoms with Gasteiger partial charge in [-0.2, -0.15) is 5.26 Å². The molecule has 1 aliphatic heterocycles. The van der Waals surface area contributed by atoms with E-state index in [2.05, 4.69) is 5.32 Å². The lowest BCUT2D eigenvalue weighted by molar-refractivity contribution is -0.130. The molecular formula is C20H18N4O3. The van der Waals surface area contributed by atoms with E-state index in [1.54, 1.807) is 43.3 Å². The largest absolute Gasteiger partial charge is 0.332 e. The fourth-order valence-electron chi connectivity index (χ4n) is 2.88. The van der Waals surface area contributed by atoms with E-state index in [0.29, 0.717) is 16.9 Å². The monoisotopic (exact) mass is 362 g/mol. The van der Waals surface area contributed by atoms with Crippen LogP contribution in [0.1, 0.15) is 18.1 Å².